The SMILES string of the molecule is COc1ccc([C@@H](CC(=O)NCCN2CCOCC2)c2cn(Cc3ccc(F)cc3)c3ccccc23)cc1. The molecule has 6 nitrogen and oxygen atoms in total. The Morgan fingerprint density at radius 3 is 2.50 bits per heavy atom. The normalized spacial score (nSPS) is 14.9. The molecule has 1 aromatic heterocycles. The number of benzene rings is 3. The molecular weight excluding hydrogens is 481 g/mol. The molecule has 7 heteroatoms. The third-order valence-corrected chi connectivity index (χ3v) is 7.22. The fraction of sp³-hybridized carbons (Fsp3) is 0.323. The fourth-order valence-electron chi connectivity index (χ4n) is 5.15. The third kappa shape index (κ3) is 6.23. The minimum atomic E-state index is -0.244. The summed E-state index contributed by atoms with van der Waals surface area (Å²) in [6, 6.07) is 22.8. The molecule has 1 aliphatic heterocycles. The van der Waals surface area contributed by atoms with E-state index in [-0.39, 0.29) is 17.6 Å². The number of carbonyl (C=O) groups excluding carboxylic acids is 1. The number of methoxy groups -OCH3 is 1. The van der Waals surface area contributed by atoms with Gasteiger partial charge in [-0.2, -0.15) is 0 Å². The first-order chi connectivity index (χ1) is 18.6. The summed E-state index contributed by atoms with van der Waals surface area (Å²) < 4.78 is 26.5. The Labute approximate surface area is 223 Å². The van der Waals surface area contributed by atoms with Gasteiger partial charge in [0.05, 0.1) is 20.3 Å². The van der Waals surface area contributed by atoms with Crippen LogP contribution in [-0.2, 0) is 16.1 Å². The lowest BCUT2D eigenvalue weighted by atomic mass is 9.88. The summed E-state index contributed by atoms with van der Waals surface area (Å²) in [5, 5.41) is 4.24. The number of halogens is 1. The fourth-order valence-corrected chi connectivity index (χ4v) is 5.15. The monoisotopic (exact) mass is 515 g/mol. The number of hydrogen-bond acceptors (Lipinski definition) is 4. The summed E-state index contributed by atoms with van der Waals surface area (Å²) in [5.74, 6) is 0.422. The molecule has 198 valence electrons. The molecule has 1 atom stereocenters. The second-order valence-corrected chi connectivity index (χ2v) is 9.69. The summed E-state index contributed by atoms with van der Waals surface area (Å²) >= 11 is 0. The van der Waals surface area contributed by atoms with Crippen LogP contribution >= 0.6 is 0 Å². The third-order valence-electron chi connectivity index (χ3n) is 7.22. The number of carbonyl (C=O) groups is 1. The lowest BCUT2D eigenvalue weighted by molar-refractivity contribution is -0.121. The lowest BCUT2D eigenvalue weighted by Gasteiger charge is -2.26. The smallest absolute Gasteiger partial charge is 0.220 e. The molecule has 0 radical (unpaired) electrons. The van der Waals surface area contributed by atoms with Gasteiger partial charge in [-0.3, -0.25) is 9.69 Å². The van der Waals surface area contributed by atoms with E-state index < -0.39 is 0 Å². The highest BCUT2D eigenvalue weighted by molar-refractivity contribution is 5.86. The summed E-state index contributed by atoms with van der Waals surface area (Å²) in [5.41, 5.74) is 4.24. The van der Waals surface area contributed by atoms with Crippen LogP contribution in [0.1, 0.15) is 29.0 Å². The number of nitrogens with zero attached hydrogens (tertiary/aromatic N) is 2. The van der Waals surface area contributed by atoms with Gasteiger partial charge in [0.2, 0.25) is 5.91 Å². The van der Waals surface area contributed by atoms with Crippen molar-refractivity contribution in [2.45, 2.75) is 18.9 Å². The molecule has 0 spiro atoms. The Hall–Kier alpha value is -3.68. The second-order valence-electron chi connectivity index (χ2n) is 9.69. The number of amides is 1. The highest BCUT2D eigenvalue weighted by Crippen LogP contribution is 2.35. The zero-order chi connectivity index (χ0) is 26.3. The van der Waals surface area contributed by atoms with Crippen molar-refractivity contribution in [3.05, 3.63) is 102 Å². The Morgan fingerprint density at radius 2 is 1.76 bits per heavy atom. The molecule has 38 heavy (non-hydrogen) atoms. The summed E-state index contributed by atoms with van der Waals surface area (Å²) in [6.45, 7) is 5.34. The van der Waals surface area contributed by atoms with Crippen molar-refractivity contribution in [2.75, 3.05) is 46.5 Å². The average molecular weight is 516 g/mol. The van der Waals surface area contributed by atoms with E-state index in [0.29, 0.717) is 19.5 Å². The molecule has 2 heterocycles. The summed E-state index contributed by atoms with van der Waals surface area (Å²) in [6.07, 6.45) is 2.48. The van der Waals surface area contributed by atoms with E-state index in [0.717, 1.165) is 66.2 Å². The van der Waals surface area contributed by atoms with Gasteiger partial charge in [0.25, 0.3) is 0 Å². The van der Waals surface area contributed by atoms with Crippen LogP contribution in [0.2, 0.25) is 0 Å². The van der Waals surface area contributed by atoms with Crippen molar-refractivity contribution >= 4 is 16.8 Å². The maximum absolute atomic E-state index is 13.5. The van der Waals surface area contributed by atoms with Crippen LogP contribution in [0.15, 0.2) is 79.0 Å². The van der Waals surface area contributed by atoms with E-state index in [2.05, 4.69) is 33.1 Å². The minimum absolute atomic E-state index is 0.0226. The van der Waals surface area contributed by atoms with Crippen molar-refractivity contribution in [1.29, 1.82) is 0 Å². The number of morpholine rings is 1. The van der Waals surface area contributed by atoms with Crippen LogP contribution in [0.3, 0.4) is 0 Å². The molecule has 0 aliphatic carbocycles. The zero-order valence-corrected chi connectivity index (χ0v) is 21.7. The van der Waals surface area contributed by atoms with Crippen LogP contribution in [-0.4, -0.2) is 61.9 Å². The Morgan fingerprint density at radius 1 is 1.03 bits per heavy atom. The Balaban J connectivity index is 1.42. The quantitative estimate of drug-likeness (QED) is 0.330. The second kappa shape index (κ2) is 12.2. The Bertz CT molecular complexity index is 1350. The summed E-state index contributed by atoms with van der Waals surface area (Å²) in [4.78, 5) is 15.5. The van der Waals surface area contributed by atoms with E-state index >= 15 is 0 Å². The van der Waals surface area contributed by atoms with E-state index in [1.165, 1.54) is 12.1 Å². The van der Waals surface area contributed by atoms with Crippen molar-refractivity contribution in [1.82, 2.24) is 14.8 Å². The molecule has 0 unspecified atom stereocenters. The van der Waals surface area contributed by atoms with Gasteiger partial charge < -0.3 is 19.4 Å². The maximum atomic E-state index is 13.5. The van der Waals surface area contributed by atoms with Crippen LogP contribution < -0.4 is 10.1 Å². The van der Waals surface area contributed by atoms with Crippen molar-refractivity contribution in [3.8, 4) is 5.75 Å². The van der Waals surface area contributed by atoms with E-state index in [9.17, 15) is 9.18 Å². The van der Waals surface area contributed by atoms with Gasteiger partial charge >= 0.3 is 0 Å². The maximum Gasteiger partial charge on any atom is 0.220 e. The van der Waals surface area contributed by atoms with E-state index in [4.69, 9.17) is 9.47 Å². The lowest BCUT2D eigenvalue weighted by Crippen LogP contribution is -2.41. The molecule has 1 saturated heterocycles. The van der Waals surface area contributed by atoms with Crippen LogP contribution in [0.5, 0.6) is 5.75 Å². The first-order valence-corrected chi connectivity index (χ1v) is 13.1. The minimum Gasteiger partial charge on any atom is -0.497 e. The number of rotatable bonds is 10. The van der Waals surface area contributed by atoms with Gasteiger partial charge in [-0.05, 0) is 47.0 Å². The molecule has 0 bridgehead atoms. The number of hydrogen-bond donors (Lipinski definition) is 1. The van der Waals surface area contributed by atoms with Crippen molar-refractivity contribution in [2.24, 2.45) is 0 Å². The number of nitrogens with one attached hydrogen (secondary N) is 1. The highest BCUT2D eigenvalue weighted by atomic mass is 19.1. The zero-order valence-electron chi connectivity index (χ0n) is 21.7. The highest BCUT2D eigenvalue weighted by Gasteiger charge is 2.23. The number of para-hydroxylation sites is 1. The van der Waals surface area contributed by atoms with Crippen LogP contribution in [0, 0.1) is 5.82 Å². The van der Waals surface area contributed by atoms with Gasteiger partial charge in [-0.15, -0.1) is 0 Å². The van der Waals surface area contributed by atoms with Gasteiger partial charge in [0, 0.05) is 62.2 Å². The van der Waals surface area contributed by atoms with Crippen LogP contribution in [0.4, 0.5) is 4.39 Å². The Kier molecular flexibility index (Phi) is 8.36. The largest absolute Gasteiger partial charge is 0.497 e. The molecule has 1 amide bonds. The first kappa shape index (κ1) is 25.9. The van der Waals surface area contributed by atoms with Gasteiger partial charge in [0.15, 0.2) is 0 Å². The van der Waals surface area contributed by atoms with E-state index in [1.54, 1.807) is 7.11 Å². The van der Waals surface area contributed by atoms with Crippen molar-refractivity contribution in [3.63, 3.8) is 0 Å². The molecule has 5 rings (SSSR count). The number of fused-ring (bicyclic) bond motifs is 1. The van der Waals surface area contributed by atoms with E-state index in [1.807, 2.05) is 48.5 Å². The van der Waals surface area contributed by atoms with Gasteiger partial charge in [-0.25, -0.2) is 4.39 Å². The van der Waals surface area contributed by atoms with Crippen molar-refractivity contribution < 1.29 is 18.7 Å². The topological polar surface area (TPSA) is 55.7 Å². The van der Waals surface area contributed by atoms with Gasteiger partial charge in [0.1, 0.15) is 11.6 Å². The molecule has 1 N–H and O–H groups in total. The average Bonchev–Trinajstić information content (AvgIpc) is 3.31. The molecule has 0 saturated carbocycles. The number of aromatic nitrogens is 1. The predicted molar refractivity (Wildman–Crippen MR) is 147 cm³/mol. The molecule has 1 aliphatic rings. The molecule has 3 aromatic carbocycles. The standard InChI is InChI=1S/C31H34FN3O3/c1-37-26-12-8-24(9-13-26)28(20-31(36)33-14-15-34-16-18-38-19-17-34)29-22-35(30-5-3-2-4-27(29)30)21-23-6-10-25(32)11-7-23/h2-13,22,28H,14-21H2,1H3,(H,33,36)/t28-/m1/s1. The van der Waals surface area contributed by atoms with Gasteiger partial charge in [-0.1, -0.05) is 42.5 Å². The number of ether oxygens (including phenoxy) is 2. The summed E-state index contributed by atoms with van der Waals surface area (Å²) in [7, 11) is 1.65. The molecule has 1 fully saturated rings. The first-order valence-electron chi connectivity index (χ1n) is 13.1. The predicted octanol–water partition coefficient (Wildman–Crippen LogP) is 4.81. The van der Waals surface area contributed by atoms with Crippen LogP contribution in [0.25, 0.3) is 10.9 Å². The molecule has 4 aromatic rings. The molecular formula is C31H34FN3O3.